The van der Waals surface area contributed by atoms with Crippen molar-refractivity contribution in [3.8, 4) is 0 Å². The van der Waals surface area contributed by atoms with Gasteiger partial charge < -0.3 is 0 Å². The highest BCUT2D eigenvalue weighted by Crippen LogP contribution is 2.22. The molecule has 0 saturated heterocycles. The highest BCUT2D eigenvalue weighted by molar-refractivity contribution is 9.11. The quantitative estimate of drug-likeness (QED) is 0.621. The van der Waals surface area contributed by atoms with Crippen molar-refractivity contribution >= 4 is 44.2 Å². The van der Waals surface area contributed by atoms with Crippen LogP contribution in [0.1, 0.15) is 19.5 Å². The second-order valence-electron chi connectivity index (χ2n) is 3.44. The Morgan fingerprint density at radius 2 is 2.13 bits per heavy atom. The average molecular weight is 333 g/mol. The summed E-state index contributed by atoms with van der Waals surface area (Å²) in [6, 6.07) is 1.90. The van der Waals surface area contributed by atoms with Crippen molar-refractivity contribution in [2.75, 3.05) is 0 Å². The minimum absolute atomic E-state index is 0.208. The Bertz CT molecular complexity index is 400. The van der Waals surface area contributed by atoms with E-state index in [2.05, 4.69) is 36.8 Å². The average Bonchev–Trinajstić information content (AvgIpc) is 2.16. The summed E-state index contributed by atoms with van der Waals surface area (Å²) in [4.78, 5) is 15.0. The monoisotopic (exact) mass is 331 g/mol. The van der Waals surface area contributed by atoms with Crippen LogP contribution in [-0.2, 0) is 4.79 Å². The maximum atomic E-state index is 10.8. The number of hydrogen-bond donors (Lipinski definition) is 0. The lowest BCUT2D eigenvalue weighted by atomic mass is 10.0. The van der Waals surface area contributed by atoms with Crippen LogP contribution in [0, 0.1) is 5.92 Å². The summed E-state index contributed by atoms with van der Waals surface area (Å²) in [5.74, 6) is 0.208. The Kier molecular flexibility index (Phi) is 4.67. The Morgan fingerprint density at radius 1 is 1.47 bits per heavy atom. The third kappa shape index (κ3) is 3.54. The number of hydrogen-bond acceptors (Lipinski definition) is 2. The molecule has 0 fully saturated rings. The molecule has 1 aromatic rings. The summed E-state index contributed by atoms with van der Waals surface area (Å²) < 4.78 is 1.78. The zero-order valence-corrected chi connectivity index (χ0v) is 11.7. The smallest absolute Gasteiger partial charge is 0.146 e. The van der Waals surface area contributed by atoms with Gasteiger partial charge in [-0.1, -0.05) is 13.8 Å². The van der Waals surface area contributed by atoms with E-state index >= 15 is 0 Å². The predicted molar refractivity (Wildman–Crippen MR) is 68.5 cm³/mol. The van der Waals surface area contributed by atoms with Crippen molar-refractivity contribution in [1.29, 1.82) is 0 Å². The van der Waals surface area contributed by atoms with Crippen molar-refractivity contribution in [2.45, 2.75) is 13.8 Å². The lowest BCUT2D eigenvalue weighted by molar-refractivity contribution is -0.105. The maximum Gasteiger partial charge on any atom is 0.146 e. The van der Waals surface area contributed by atoms with E-state index in [0.29, 0.717) is 0 Å². The van der Waals surface area contributed by atoms with Gasteiger partial charge >= 0.3 is 0 Å². The molecule has 0 N–H and O–H groups in total. The van der Waals surface area contributed by atoms with Crippen molar-refractivity contribution in [2.24, 2.45) is 5.92 Å². The zero-order chi connectivity index (χ0) is 11.4. The van der Waals surface area contributed by atoms with Crippen LogP contribution in [0.15, 0.2) is 26.8 Å². The third-order valence-electron chi connectivity index (χ3n) is 1.94. The molecule has 0 spiro atoms. The fourth-order valence-electron chi connectivity index (χ4n) is 1.03. The molecule has 0 amide bonds. The van der Waals surface area contributed by atoms with Gasteiger partial charge in [0.05, 0.1) is 5.69 Å². The Balaban J connectivity index is 3.11. The van der Waals surface area contributed by atoms with Gasteiger partial charge in [-0.15, -0.1) is 0 Å². The van der Waals surface area contributed by atoms with Crippen molar-refractivity contribution in [3.63, 3.8) is 0 Å². The van der Waals surface area contributed by atoms with Gasteiger partial charge in [-0.2, -0.15) is 0 Å². The van der Waals surface area contributed by atoms with Gasteiger partial charge in [0.1, 0.15) is 6.29 Å². The molecule has 0 bridgehead atoms. The summed E-state index contributed by atoms with van der Waals surface area (Å²) in [6.07, 6.45) is 4.38. The SMILES string of the molecule is CC(C)/C(C=O)=C/c1ncc(Br)cc1Br. The minimum atomic E-state index is 0.208. The molecular formula is C11H11Br2NO. The number of aldehydes is 1. The fourth-order valence-corrected chi connectivity index (χ4v) is 2.13. The summed E-state index contributed by atoms with van der Waals surface area (Å²) in [5, 5.41) is 0. The van der Waals surface area contributed by atoms with E-state index in [9.17, 15) is 4.79 Å². The van der Waals surface area contributed by atoms with Gasteiger partial charge in [-0.05, 0) is 55.5 Å². The molecule has 15 heavy (non-hydrogen) atoms. The first-order valence-corrected chi connectivity index (χ1v) is 6.11. The Hall–Kier alpha value is -0.480. The van der Waals surface area contributed by atoms with Gasteiger partial charge in [0.25, 0.3) is 0 Å². The molecule has 0 radical (unpaired) electrons. The number of carbonyl (C=O) groups is 1. The molecule has 0 saturated carbocycles. The van der Waals surface area contributed by atoms with E-state index in [-0.39, 0.29) is 5.92 Å². The van der Waals surface area contributed by atoms with Crippen molar-refractivity contribution < 1.29 is 4.79 Å². The lowest BCUT2D eigenvalue weighted by Gasteiger charge is -2.04. The van der Waals surface area contributed by atoms with Crippen LogP contribution in [0.4, 0.5) is 0 Å². The number of pyridine rings is 1. The fraction of sp³-hybridized carbons (Fsp3) is 0.273. The first-order valence-electron chi connectivity index (χ1n) is 4.52. The topological polar surface area (TPSA) is 30.0 Å². The zero-order valence-electron chi connectivity index (χ0n) is 8.50. The Morgan fingerprint density at radius 3 is 2.60 bits per heavy atom. The number of carbonyl (C=O) groups excluding carboxylic acids is 1. The molecule has 0 aliphatic carbocycles. The van der Waals surface area contributed by atoms with Gasteiger partial charge in [-0.3, -0.25) is 9.78 Å². The number of aromatic nitrogens is 1. The van der Waals surface area contributed by atoms with Gasteiger partial charge in [-0.25, -0.2) is 0 Å². The van der Waals surface area contributed by atoms with Crippen LogP contribution < -0.4 is 0 Å². The molecule has 1 rings (SSSR count). The standard InChI is InChI=1S/C11H11Br2NO/c1-7(2)8(6-15)3-11-10(13)4-9(12)5-14-11/h3-7H,1-2H3/b8-3+. The second kappa shape index (κ2) is 5.56. The van der Waals surface area contributed by atoms with Crippen LogP contribution in [0.3, 0.4) is 0 Å². The van der Waals surface area contributed by atoms with E-state index < -0.39 is 0 Å². The van der Waals surface area contributed by atoms with Crippen LogP contribution in [0.5, 0.6) is 0 Å². The highest BCUT2D eigenvalue weighted by Gasteiger charge is 2.05. The second-order valence-corrected chi connectivity index (χ2v) is 5.21. The van der Waals surface area contributed by atoms with E-state index in [4.69, 9.17) is 0 Å². The normalized spacial score (nSPS) is 11.9. The van der Waals surface area contributed by atoms with E-state index in [1.54, 1.807) is 12.3 Å². The number of allylic oxidation sites excluding steroid dienone is 1. The summed E-state index contributed by atoms with van der Waals surface area (Å²) >= 11 is 6.73. The molecule has 1 heterocycles. The lowest BCUT2D eigenvalue weighted by Crippen LogP contribution is -1.96. The molecule has 2 nitrogen and oxygen atoms in total. The van der Waals surface area contributed by atoms with Crippen LogP contribution in [0.2, 0.25) is 0 Å². The van der Waals surface area contributed by atoms with Gasteiger partial charge in [0.2, 0.25) is 0 Å². The third-order valence-corrected chi connectivity index (χ3v) is 3.01. The number of nitrogens with zero attached hydrogens (tertiary/aromatic N) is 1. The molecule has 0 atom stereocenters. The summed E-state index contributed by atoms with van der Waals surface area (Å²) in [6.45, 7) is 3.96. The number of rotatable bonds is 3. The molecule has 0 aromatic carbocycles. The molecule has 4 heteroatoms. The van der Waals surface area contributed by atoms with Crippen LogP contribution in [-0.4, -0.2) is 11.3 Å². The number of halogens is 2. The largest absolute Gasteiger partial charge is 0.298 e. The van der Waals surface area contributed by atoms with Crippen molar-refractivity contribution in [1.82, 2.24) is 4.98 Å². The van der Waals surface area contributed by atoms with E-state index in [1.165, 1.54) is 0 Å². The molecule has 0 aliphatic rings. The van der Waals surface area contributed by atoms with Crippen molar-refractivity contribution in [3.05, 3.63) is 32.5 Å². The van der Waals surface area contributed by atoms with Crippen LogP contribution in [0.25, 0.3) is 6.08 Å². The first kappa shape index (κ1) is 12.6. The van der Waals surface area contributed by atoms with Crippen LogP contribution >= 0.6 is 31.9 Å². The molecular weight excluding hydrogens is 322 g/mol. The van der Waals surface area contributed by atoms with Gasteiger partial charge in [0, 0.05) is 15.1 Å². The summed E-state index contributed by atoms with van der Waals surface area (Å²) in [5.41, 5.74) is 1.51. The first-order chi connectivity index (χ1) is 7.04. The van der Waals surface area contributed by atoms with Gasteiger partial charge in [0.15, 0.2) is 0 Å². The minimum Gasteiger partial charge on any atom is -0.298 e. The molecule has 0 aliphatic heterocycles. The predicted octanol–water partition coefficient (Wildman–Crippen LogP) is 3.84. The molecule has 80 valence electrons. The molecule has 0 unspecified atom stereocenters. The van der Waals surface area contributed by atoms with E-state index in [0.717, 1.165) is 26.5 Å². The highest BCUT2D eigenvalue weighted by atomic mass is 79.9. The maximum absolute atomic E-state index is 10.8. The molecule has 1 aromatic heterocycles. The summed E-state index contributed by atoms with van der Waals surface area (Å²) in [7, 11) is 0. The van der Waals surface area contributed by atoms with E-state index in [1.807, 2.05) is 19.9 Å². The Labute approximate surface area is 106 Å².